The fourth-order valence-corrected chi connectivity index (χ4v) is 14.9. The Morgan fingerprint density at radius 1 is 0.526 bits per heavy atom. The van der Waals surface area contributed by atoms with Crippen LogP contribution in [0.2, 0.25) is 0 Å². The Hall–Kier alpha value is -11.0. The number of amides is 12. The number of carboxylic acid groups (broad SMARTS) is 1. The van der Waals surface area contributed by atoms with Crippen molar-refractivity contribution in [1.29, 1.82) is 0 Å². The fourth-order valence-electron chi connectivity index (χ4n) is 12.6. The molecule has 2 aliphatic heterocycles. The van der Waals surface area contributed by atoms with Crippen molar-refractivity contribution in [2.45, 2.75) is 183 Å². The van der Waals surface area contributed by atoms with Gasteiger partial charge in [0.15, 0.2) is 0 Å². The van der Waals surface area contributed by atoms with E-state index in [9.17, 15) is 54.0 Å². The van der Waals surface area contributed by atoms with Crippen LogP contribution in [0.4, 0.5) is 0 Å². The maximum atomic E-state index is 15.6. The number of carboxylic acids is 1. The van der Waals surface area contributed by atoms with Crippen LogP contribution in [0.15, 0.2) is 140 Å². The number of carbonyl (C=O) groups excluding carboxylic acids is 12. The number of nitrogens with two attached hydrogens (primary N) is 2. The van der Waals surface area contributed by atoms with Gasteiger partial charge in [-0.1, -0.05) is 151 Å². The summed E-state index contributed by atoms with van der Waals surface area (Å²) in [4.78, 5) is 195. The average Bonchev–Trinajstić information content (AvgIpc) is 1.62. The molecule has 13 atom stereocenters. The summed E-state index contributed by atoms with van der Waals surface area (Å²) in [5, 5.41) is 77.9. The van der Waals surface area contributed by atoms with Gasteiger partial charge >= 0.3 is 5.97 Å². The number of nitrogens with one attached hydrogen (secondary N) is 14. The van der Waals surface area contributed by atoms with Crippen molar-refractivity contribution < 1.29 is 82.8 Å². The zero-order valence-corrected chi connectivity index (χ0v) is 65.1. The highest BCUT2D eigenvalue weighted by Crippen LogP contribution is 2.25. The summed E-state index contributed by atoms with van der Waals surface area (Å²) in [5.41, 5.74) is 16.4. The van der Waals surface area contributed by atoms with Gasteiger partial charge in [-0.2, -0.15) is 0 Å². The molecule has 1 aromatic heterocycles. The molecule has 2 bridgehead atoms. The van der Waals surface area contributed by atoms with Crippen molar-refractivity contribution in [3.63, 3.8) is 0 Å². The highest BCUT2D eigenvalue weighted by atomic mass is 33.1. The predicted molar refractivity (Wildman–Crippen MR) is 427 cm³/mol. The molecule has 3 heterocycles. The molecular weight excluding hydrogens is 1510 g/mol. The van der Waals surface area contributed by atoms with Crippen molar-refractivity contribution >= 4 is 109 Å². The number of aromatic hydroxyl groups is 1. The number of unbranched alkanes of at least 4 members (excludes halogenated alkanes) is 1. The number of hydrogen-bond donors (Lipinski definition) is 20. The molecule has 0 radical (unpaired) electrons. The molecule has 35 heteroatoms. The largest absolute Gasteiger partial charge is 0.508 e. The van der Waals surface area contributed by atoms with E-state index in [0.717, 1.165) is 27.2 Å². The van der Waals surface area contributed by atoms with Gasteiger partial charge in [0.2, 0.25) is 70.9 Å². The molecule has 8 rings (SSSR count). The lowest BCUT2D eigenvalue weighted by Gasteiger charge is -2.29. The predicted octanol–water partition coefficient (Wildman–Crippen LogP) is -1.17. The van der Waals surface area contributed by atoms with Crippen molar-refractivity contribution in [3.8, 4) is 5.75 Å². The summed E-state index contributed by atoms with van der Waals surface area (Å²) >= 11 is 0. The van der Waals surface area contributed by atoms with Crippen molar-refractivity contribution in [2.75, 3.05) is 31.2 Å². The quantitative estimate of drug-likeness (QED) is 0.0281. The Labute approximate surface area is 666 Å². The smallest absolute Gasteiger partial charge is 0.327 e. The molecule has 2 fully saturated rings. The second kappa shape index (κ2) is 44.5. The van der Waals surface area contributed by atoms with Gasteiger partial charge in [0.05, 0.1) is 18.8 Å². The first-order chi connectivity index (χ1) is 54.6. The van der Waals surface area contributed by atoms with E-state index in [1.165, 1.54) is 31.2 Å². The molecule has 6 aromatic rings. The molecule has 5 aromatic carbocycles. The molecule has 22 N–H and O–H groups in total. The highest BCUT2D eigenvalue weighted by molar-refractivity contribution is 8.76. The minimum absolute atomic E-state index is 0.0553. The molecule has 0 spiro atoms. The number of benzene rings is 5. The van der Waals surface area contributed by atoms with E-state index in [0.29, 0.717) is 51.7 Å². The SMILES string of the molecule is CC(C)NCc1ccc(C[C@@H]2NC(=O)[C@@H](Cc3c[nH]c4ccccc34)NC(=O)[C@H](Cc3ccccc3)NC(=O)[C@@H]3CCC(=O)NCC[C@H](NC(=O)[C@H](Cc4ccccc4)NC(=O)[C@@H]([C@@H](C)O)NC2=O)C(=O)N[C@@H](CO)C(=O)N[C@H](C(=O)O)CSSC[C@H](NC(=O)[C@@H](N)Cc2ccc(O)cc2)C(=O)N[C@@H](CCCCN)C(=O)N3)cc1. The Morgan fingerprint density at radius 3 is 1.61 bits per heavy atom. The lowest BCUT2D eigenvalue weighted by Crippen LogP contribution is -2.63. The summed E-state index contributed by atoms with van der Waals surface area (Å²) in [6, 6.07) is 16.7. The average molecular weight is 1610 g/mol. The van der Waals surface area contributed by atoms with Crippen LogP contribution in [-0.2, 0) is 101 Å². The van der Waals surface area contributed by atoms with Crippen molar-refractivity contribution in [2.24, 2.45) is 11.5 Å². The first-order valence-electron chi connectivity index (χ1n) is 37.7. The van der Waals surface area contributed by atoms with E-state index >= 15 is 28.8 Å². The number of aromatic amines is 1. The third-order valence-corrected chi connectivity index (χ3v) is 21.5. The van der Waals surface area contributed by atoms with Gasteiger partial charge in [0.1, 0.15) is 72.2 Å². The monoisotopic (exact) mass is 1610 g/mol. The number of rotatable bonds is 22. The molecule has 0 unspecified atom stereocenters. The Balaban J connectivity index is 1.26. The number of aromatic nitrogens is 1. The van der Waals surface area contributed by atoms with E-state index in [1.54, 1.807) is 103 Å². The van der Waals surface area contributed by atoms with Crippen LogP contribution in [0.5, 0.6) is 5.75 Å². The number of aliphatic hydroxyl groups excluding tert-OH is 2. The van der Waals surface area contributed by atoms with Crippen LogP contribution in [0.25, 0.3) is 10.9 Å². The molecule has 33 nitrogen and oxygen atoms in total. The molecule has 612 valence electrons. The minimum atomic E-state index is -1.93. The van der Waals surface area contributed by atoms with E-state index in [1.807, 2.05) is 26.0 Å². The molecule has 114 heavy (non-hydrogen) atoms. The van der Waals surface area contributed by atoms with Gasteiger partial charge in [-0.05, 0) is 104 Å². The standard InChI is InChI=1S/C79H102N16O17S2/c1-44(2)83-39-50-23-21-49(22-24-50)37-61-75(107)95-67(45(3)97)78(110)91-60(36-47-16-8-5-9-17-47)72(104)87-58-31-33-82-66(99)30-29-57(70(102)88-59(35-46-14-6-4-7-15-46)73(105)90-62(74(106)89-61)38-51-40-84-55-19-11-10-18-53(51)55)86-69(101)56(20-12-13-32-80)85-77(109)64(93-68(100)54(81)34-48-25-27-52(98)28-26-48)42-113-114-43-65(79(111)112)94-76(108)63(41-96)92-71(58)103/h4-11,14-19,21-28,40,44-45,54,56-65,67,83-84,96-98H,12-13,20,29-39,41-43,80-81H2,1-3H3,(H,82,99)(H,85,109)(H,86,101)(H,87,104)(H,88,102)(H,89,106)(H,90,105)(H,91,110)(H,92,103)(H,93,100)(H,94,108)(H,95,107)(H,111,112)/t45-,54+,56+,57+,58+,59+,60+,61+,62-,63+,64+,65+,67-/m1/s1. The number of H-pyrrole nitrogens is 1. The van der Waals surface area contributed by atoms with Crippen LogP contribution in [-0.4, -0.2) is 218 Å². The first kappa shape index (κ1) is 88.6. The number of aliphatic carboxylic acids is 1. The Bertz CT molecular complexity index is 4280. The van der Waals surface area contributed by atoms with Crippen molar-refractivity contribution in [1.82, 2.24) is 74.1 Å². The maximum Gasteiger partial charge on any atom is 0.327 e. The van der Waals surface area contributed by atoms with Gasteiger partial charge in [0.25, 0.3) is 0 Å². The zero-order chi connectivity index (χ0) is 82.4. The number of para-hydroxylation sites is 1. The summed E-state index contributed by atoms with van der Waals surface area (Å²) in [5.74, 6) is -14.7. The molecule has 12 amide bonds. The van der Waals surface area contributed by atoms with Gasteiger partial charge in [-0.15, -0.1) is 0 Å². The molecule has 0 saturated carbocycles. The third-order valence-electron chi connectivity index (χ3n) is 19.0. The number of phenolic OH excluding ortho intramolecular Hbond substituents is 1. The highest BCUT2D eigenvalue weighted by Gasteiger charge is 2.39. The zero-order valence-electron chi connectivity index (χ0n) is 63.5. The topological polar surface area (TPSA) is 527 Å². The first-order valence-corrected chi connectivity index (χ1v) is 40.2. The van der Waals surface area contributed by atoms with Crippen molar-refractivity contribution in [3.05, 3.63) is 173 Å². The summed E-state index contributed by atoms with van der Waals surface area (Å²) in [6.07, 6.45) is -2.59. The Morgan fingerprint density at radius 2 is 1.02 bits per heavy atom. The van der Waals surface area contributed by atoms with Gasteiger partial charge in [-0.25, -0.2) is 4.79 Å². The molecular formula is C79H102N16O17S2. The number of phenols is 1. The number of aliphatic hydroxyl groups is 2. The molecule has 0 aliphatic carbocycles. The molecule has 2 aliphatic rings. The normalized spacial score (nSPS) is 23.5. The van der Waals surface area contributed by atoms with E-state index in [4.69, 9.17) is 11.5 Å². The van der Waals surface area contributed by atoms with Gasteiger partial charge in [0, 0.05) is 79.8 Å². The van der Waals surface area contributed by atoms with Crippen LogP contribution in [0.3, 0.4) is 0 Å². The van der Waals surface area contributed by atoms with Crippen LogP contribution >= 0.6 is 21.6 Å². The number of carbonyl (C=O) groups is 13. The molecule has 2 saturated heterocycles. The van der Waals surface area contributed by atoms with Gasteiger partial charge in [-0.3, -0.25) is 57.5 Å². The summed E-state index contributed by atoms with van der Waals surface area (Å²) < 4.78 is 0. The Kier molecular flexibility index (Phi) is 34.6. The van der Waals surface area contributed by atoms with Crippen LogP contribution in [0, 0.1) is 0 Å². The second-order valence-corrected chi connectivity index (χ2v) is 30.9. The number of hydrogen-bond acceptors (Lipinski definition) is 21. The fraction of sp³-hybridized carbons (Fsp3) is 0.430. The third kappa shape index (κ3) is 27.7. The van der Waals surface area contributed by atoms with E-state index in [-0.39, 0.29) is 69.0 Å². The number of fused-ring (bicyclic) bond motifs is 8. The summed E-state index contributed by atoms with van der Waals surface area (Å²) in [6.45, 7) is 4.13. The summed E-state index contributed by atoms with van der Waals surface area (Å²) in [7, 11) is 1.67. The maximum absolute atomic E-state index is 15.6. The second-order valence-electron chi connectivity index (χ2n) is 28.4. The van der Waals surface area contributed by atoms with Crippen LogP contribution < -0.4 is 80.6 Å². The van der Waals surface area contributed by atoms with Gasteiger partial charge < -0.3 is 106 Å². The lowest BCUT2D eigenvalue weighted by atomic mass is 9.99. The lowest BCUT2D eigenvalue weighted by molar-refractivity contribution is -0.142. The van der Waals surface area contributed by atoms with E-state index in [2.05, 4.69) is 74.1 Å². The van der Waals surface area contributed by atoms with E-state index < -0.39 is 194 Å². The minimum Gasteiger partial charge on any atom is -0.508 e. The van der Waals surface area contributed by atoms with Crippen LogP contribution in [0.1, 0.15) is 92.7 Å².